The molecular formula is C18H27N3O3S. The van der Waals surface area contributed by atoms with Crippen molar-refractivity contribution in [3.63, 3.8) is 0 Å². The van der Waals surface area contributed by atoms with Crippen LogP contribution in [0.2, 0.25) is 0 Å². The Morgan fingerprint density at radius 1 is 1.52 bits per heavy atom. The Bertz CT molecular complexity index is 608. The third-order valence-corrected chi connectivity index (χ3v) is 5.70. The molecule has 0 atom stereocenters. The summed E-state index contributed by atoms with van der Waals surface area (Å²) >= 11 is 1.26. The van der Waals surface area contributed by atoms with E-state index in [-0.39, 0.29) is 5.91 Å². The number of rotatable bonds is 7. The zero-order valence-electron chi connectivity index (χ0n) is 15.0. The van der Waals surface area contributed by atoms with Gasteiger partial charge in [-0.1, -0.05) is 37.0 Å². The third-order valence-electron chi connectivity index (χ3n) is 4.82. The summed E-state index contributed by atoms with van der Waals surface area (Å²) in [6, 6.07) is 0.435. The van der Waals surface area contributed by atoms with Gasteiger partial charge in [-0.15, -0.1) is 0 Å². The molecule has 0 aromatic carbocycles. The molecule has 1 aliphatic carbocycles. The van der Waals surface area contributed by atoms with Gasteiger partial charge in [0.1, 0.15) is 23.6 Å². The van der Waals surface area contributed by atoms with Crippen molar-refractivity contribution in [1.29, 1.82) is 0 Å². The lowest BCUT2D eigenvalue weighted by molar-refractivity contribution is 0.0955. The standard InChI is InChI=1S/C18H27N3O3S/c1-13(2)21-10-15(24-12-21)11-23-18-20-9-16(25-18)17(22)19-8-7-14-5-3-4-6-14/h9,11,13-14H,3-8,10,12H2,1-2H3,(H,19,22). The van der Waals surface area contributed by atoms with Crippen molar-refractivity contribution in [3.05, 3.63) is 23.1 Å². The van der Waals surface area contributed by atoms with Gasteiger partial charge in [0.15, 0.2) is 0 Å². The van der Waals surface area contributed by atoms with E-state index in [0.29, 0.717) is 22.8 Å². The van der Waals surface area contributed by atoms with E-state index in [0.717, 1.165) is 31.2 Å². The average molecular weight is 365 g/mol. The Morgan fingerprint density at radius 2 is 2.32 bits per heavy atom. The van der Waals surface area contributed by atoms with E-state index < -0.39 is 0 Å². The van der Waals surface area contributed by atoms with Gasteiger partial charge in [0, 0.05) is 12.6 Å². The Kier molecular flexibility index (Phi) is 6.31. The summed E-state index contributed by atoms with van der Waals surface area (Å²) in [5.74, 6) is 1.50. The second-order valence-electron chi connectivity index (χ2n) is 7.00. The molecule has 1 saturated heterocycles. The van der Waals surface area contributed by atoms with Crippen LogP contribution in [0.3, 0.4) is 0 Å². The molecule has 1 saturated carbocycles. The van der Waals surface area contributed by atoms with E-state index in [2.05, 4.69) is 29.0 Å². The van der Waals surface area contributed by atoms with E-state index in [1.54, 1.807) is 12.5 Å². The minimum absolute atomic E-state index is 0.0684. The lowest BCUT2D eigenvalue weighted by Crippen LogP contribution is -2.27. The van der Waals surface area contributed by atoms with Gasteiger partial charge in [-0.3, -0.25) is 9.69 Å². The normalized spacial score (nSPS) is 20.4. The fourth-order valence-electron chi connectivity index (χ4n) is 3.17. The van der Waals surface area contributed by atoms with Crippen molar-refractivity contribution in [2.75, 3.05) is 19.8 Å². The summed E-state index contributed by atoms with van der Waals surface area (Å²) < 4.78 is 11.1. The number of hydrogen-bond acceptors (Lipinski definition) is 6. The molecule has 1 amide bonds. The fraction of sp³-hybridized carbons (Fsp3) is 0.667. The van der Waals surface area contributed by atoms with E-state index in [9.17, 15) is 4.79 Å². The molecule has 3 rings (SSSR count). The molecule has 0 bridgehead atoms. The molecule has 1 N–H and O–H groups in total. The van der Waals surface area contributed by atoms with Crippen molar-refractivity contribution in [1.82, 2.24) is 15.2 Å². The van der Waals surface area contributed by atoms with E-state index in [1.807, 2.05) is 0 Å². The average Bonchev–Trinajstić information content (AvgIpc) is 3.33. The number of amides is 1. The summed E-state index contributed by atoms with van der Waals surface area (Å²) in [7, 11) is 0. The predicted octanol–water partition coefficient (Wildman–Crippen LogP) is 3.37. The van der Waals surface area contributed by atoms with Gasteiger partial charge in [-0.2, -0.15) is 0 Å². The molecule has 1 aliphatic heterocycles. The topological polar surface area (TPSA) is 63.7 Å². The van der Waals surface area contributed by atoms with Gasteiger partial charge in [-0.25, -0.2) is 4.98 Å². The van der Waals surface area contributed by atoms with E-state index in [1.165, 1.54) is 37.0 Å². The van der Waals surface area contributed by atoms with Crippen molar-refractivity contribution in [3.8, 4) is 5.19 Å². The second kappa shape index (κ2) is 8.67. The largest absolute Gasteiger partial charge is 0.478 e. The molecule has 0 radical (unpaired) electrons. The van der Waals surface area contributed by atoms with Gasteiger partial charge in [-0.05, 0) is 26.2 Å². The Morgan fingerprint density at radius 3 is 3.04 bits per heavy atom. The highest BCUT2D eigenvalue weighted by atomic mass is 32.1. The van der Waals surface area contributed by atoms with E-state index in [4.69, 9.17) is 9.47 Å². The maximum atomic E-state index is 12.2. The van der Waals surface area contributed by atoms with Crippen LogP contribution in [0, 0.1) is 5.92 Å². The highest BCUT2D eigenvalue weighted by Gasteiger charge is 2.21. The summed E-state index contributed by atoms with van der Waals surface area (Å²) in [6.45, 7) is 6.31. The van der Waals surface area contributed by atoms with Crippen LogP contribution < -0.4 is 10.1 Å². The Balaban J connectivity index is 1.43. The summed E-state index contributed by atoms with van der Waals surface area (Å²) in [4.78, 5) is 19.1. The zero-order valence-corrected chi connectivity index (χ0v) is 15.8. The first kappa shape index (κ1) is 18.2. The SMILES string of the molecule is CC(C)N1COC(=COc2ncc(C(=O)NCCC3CCCC3)s2)C1. The van der Waals surface area contributed by atoms with Crippen molar-refractivity contribution in [2.24, 2.45) is 5.92 Å². The first-order chi connectivity index (χ1) is 12.1. The van der Waals surface area contributed by atoms with Crippen LogP contribution in [0.25, 0.3) is 0 Å². The monoisotopic (exact) mass is 365 g/mol. The molecule has 0 unspecified atom stereocenters. The molecule has 138 valence electrons. The van der Waals surface area contributed by atoms with Crippen LogP contribution in [-0.2, 0) is 4.74 Å². The minimum Gasteiger partial charge on any atom is -0.478 e. The minimum atomic E-state index is -0.0684. The molecule has 2 fully saturated rings. The maximum Gasteiger partial charge on any atom is 0.278 e. The summed E-state index contributed by atoms with van der Waals surface area (Å²) in [6.07, 6.45) is 9.51. The molecule has 1 aromatic rings. The summed E-state index contributed by atoms with van der Waals surface area (Å²) in [5.41, 5.74) is 0. The molecule has 6 nitrogen and oxygen atoms in total. The number of hydrogen-bond donors (Lipinski definition) is 1. The molecule has 1 aromatic heterocycles. The molecular weight excluding hydrogens is 338 g/mol. The maximum absolute atomic E-state index is 12.2. The second-order valence-corrected chi connectivity index (χ2v) is 7.99. The Labute approximate surface area is 153 Å². The Hall–Kier alpha value is -1.60. The smallest absolute Gasteiger partial charge is 0.278 e. The quantitative estimate of drug-likeness (QED) is 0.751. The van der Waals surface area contributed by atoms with Crippen molar-refractivity contribution < 1.29 is 14.3 Å². The molecule has 0 spiro atoms. The van der Waals surface area contributed by atoms with Gasteiger partial charge in [0.2, 0.25) is 0 Å². The molecule has 2 heterocycles. The number of aromatic nitrogens is 1. The van der Waals surface area contributed by atoms with Gasteiger partial charge >= 0.3 is 0 Å². The van der Waals surface area contributed by atoms with E-state index >= 15 is 0 Å². The van der Waals surface area contributed by atoms with Crippen LogP contribution in [0.4, 0.5) is 0 Å². The zero-order chi connectivity index (χ0) is 17.6. The first-order valence-electron chi connectivity index (χ1n) is 9.08. The van der Waals surface area contributed by atoms with Gasteiger partial charge in [0.05, 0.1) is 12.7 Å². The first-order valence-corrected chi connectivity index (χ1v) is 9.90. The van der Waals surface area contributed by atoms with Crippen molar-refractivity contribution >= 4 is 17.2 Å². The number of thiazole rings is 1. The predicted molar refractivity (Wildman–Crippen MR) is 97.5 cm³/mol. The highest BCUT2D eigenvalue weighted by Crippen LogP contribution is 2.27. The van der Waals surface area contributed by atoms with Gasteiger partial charge < -0.3 is 14.8 Å². The summed E-state index contributed by atoms with van der Waals surface area (Å²) in [5, 5.41) is 3.44. The van der Waals surface area contributed by atoms with Crippen LogP contribution in [0.1, 0.15) is 55.6 Å². The number of nitrogens with zero attached hydrogens (tertiary/aromatic N) is 2. The third kappa shape index (κ3) is 5.19. The van der Waals surface area contributed by atoms with Crippen LogP contribution in [0.5, 0.6) is 5.19 Å². The molecule has 25 heavy (non-hydrogen) atoms. The van der Waals surface area contributed by atoms with Gasteiger partial charge in [0.25, 0.3) is 11.1 Å². The van der Waals surface area contributed by atoms with Crippen LogP contribution >= 0.6 is 11.3 Å². The van der Waals surface area contributed by atoms with Crippen molar-refractivity contribution in [2.45, 2.75) is 52.0 Å². The highest BCUT2D eigenvalue weighted by molar-refractivity contribution is 7.15. The van der Waals surface area contributed by atoms with Crippen LogP contribution in [0.15, 0.2) is 18.2 Å². The number of nitrogens with one attached hydrogen (secondary N) is 1. The lowest BCUT2D eigenvalue weighted by Gasteiger charge is -2.15. The van der Waals surface area contributed by atoms with Crippen LogP contribution in [-0.4, -0.2) is 41.7 Å². The number of carbonyl (C=O) groups is 1. The fourth-order valence-corrected chi connectivity index (χ4v) is 3.83. The number of carbonyl (C=O) groups excluding carboxylic acids is 1. The lowest BCUT2D eigenvalue weighted by atomic mass is 10.0. The molecule has 7 heteroatoms. The number of ether oxygens (including phenoxy) is 2. The molecule has 2 aliphatic rings.